The Labute approximate surface area is 202 Å². The van der Waals surface area contributed by atoms with Gasteiger partial charge in [-0.15, -0.1) is 0 Å². The number of hydrogen-bond acceptors (Lipinski definition) is 4. The monoisotopic (exact) mass is 452 g/mol. The molecule has 1 fully saturated rings. The lowest BCUT2D eigenvalue weighted by molar-refractivity contribution is 0.261. The van der Waals surface area contributed by atoms with E-state index in [1.54, 1.807) is 0 Å². The Hall–Kier alpha value is -0.160. The van der Waals surface area contributed by atoms with Gasteiger partial charge in [0.05, 0.1) is 0 Å². The lowest BCUT2D eigenvalue weighted by Crippen LogP contribution is -2.37. The molecule has 0 atom stereocenters. The molecule has 0 saturated carbocycles. The van der Waals surface area contributed by atoms with E-state index in [0.717, 1.165) is 39.3 Å². The van der Waals surface area contributed by atoms with E-state index in [9.17, 15) is 0 Å². The normalized spacial score (nSPS) is 17.9. The predicted molar refractivity (Wildman–Crippen MR) is 144 cm³/mol. The second-order valence-electron chi connectivity index (χ2n) is 10.1. The smallest absolute Gasteiger partial charge is 0.0107 e. The Morgan fingerprint density at radius 3 is 1.41 bits per heavy atom. The molecule has 0 bridgehead atoms. The average molecular weight is 453 g/mol. The molecule has 1 saturated heterocycles. The zero-order valence-corrected chi connectivity index (χ0v) is 22.0. The first kappa shape index (κ1) is 29.9. The van der Waals surface area contributed by atoms with Gasteiger partial charge < -0.3 is 20.9 Å². The van der Waals surface area contributed by atoms with Crippen molar-refractivity contribution in [3.8, 4) is 0 Å². The summed E-state index contributed by atoms with van der Waals surface area (Å²) < 4.78 is 0. The first-order chi connectivity index (χ1) is 15.9. The lowest BCUT2D eigenvalue weighted by atomic mass is 10.0. The average Bonchev–Trinajstić information content (AvgIpc) is 2.81. The third-order valence-corrected chi connectivity index (χ3v) is 6.95. The zero-order chi connectivity index (χ0) is 22.8. The molecule has 4 heteroatoms. The number of rotatable bonds is 17. The third-order valence-electron chi connectivity index (χ3n) is 6.95. The quantitative estimate of drug-likeness (QED) is 0.233. The molecule has 1 aliphatic heterocycles. The van der Waals surface area contributed by atoms with Gasteiger partial charge in [0.2, 0.25) is 0 Å². The van der Waals surface area contributed by atoms with Crippen LogP contribution in [0.15, 0.2) is 0 Å². The molecule has 0 aromatic heterocycles. The lowest BCUT2D eigenvalue weighted by Gasteiger charge is -2.23. The highest BCUT2D eigenvalue weighted by Gasteiger charge is 2.05. The Morgan fingerprint density at radius 2 is 0.875 bits per heavy atom. The van der Waals surface area contributed by atoms with Gasteiger partial charge in [-0.3, -0.25) is 0 Å². The van der Waals surface area contributed by atoms with Crippen molar-refractivity contribution in [3.05, 3.63) is 0 Å². The van der Waals surface area contributed by atoms with Crippen LogP contribution in [0.5, 0.6) is 0 Å². The SMILES string of the molecule is CCCCCCCCCCCCCCCCCCN1CCCNCCNCCCNCC1. The van der Waals surface area contributed by atoms with Crippen molar-refractivity contribution >= 4 is 0 Å². The van der Waals surface area contributed by atoms with Crippen molar-refractivity contribution in [2.75, 3.05) is 58.9 Å². The fourth-order valence-electron chi connectivity index (χ4n) is 4.77. The molecule has 3 N–H and O–H groups in total. The van der Waals surface area contributed by atoms with Crippen LogP contribution < -0.4 is 16.0 Å². The van der Waals surface area contributed by atoms with Crippen LogP contribution in [0.25, 0.3) is 0 Å². The van der Waals surface area contributed by atoms with Gasteiger partial charge in [0.1, 0.15) is 0 Å². The maximum absolute atomic E-state index is 3.63. The van der Waals surface area contributed by atoms with Crippen molar-refractivity contribution < 1.29 is 0 Å². The Balaban J connectivity index is 1.88. The van der Waals surface area contributed by atoms with E-state index in [0.29, 0.717) is 0 Å². The first-order valence-corrected chi connectivity index (χ1v) is 14.8. The van der Waals surface area contributed by atoms with E-state index in [1.165, 1.54) is 135 Å². The second kappa shape index (κ2) is 25.5. The molecular weight excluding hydrogens is 392 g/mol. The summed E-state index contributed by atoms with van der Waals surface area (Å²) in [5.41, 5.74) is 0. The van der Waals surface area contributed by atoms with E-state index >= 15 is 0 Å². The molecule has 1 rings (SSSR count). The maximum atomic E-state index is 3.63. The van der Waals surface area contributed by atoms with Gasteiger partial charge >= 0.3 is 0 Å². The summed E-state index contributed by atoms with van der Waals surface area (Å²) in [4.78, 5) is 2.70. The van der Waals surface area contributed by atoms with Gasteiger partial charge in [-0.1, -0.05) is 103 Å². The number of nitrogens with zero attached hydrogens (tertiary/aromatic N) is 1. The Bertz CT molecular complexity index is 336. The third kappa shape index (κ3) is 21.7. The summed E-state index contributed by atoms with van der Waals surface area (Å²) in [5, 5.41) is 10.7. The summed E-state index contributed by atoms with van der Waals surface area (Å²) in [7, 11) is 0. The highest BCUT2D eigenvalue weighted by molar-refractivity contribution is 4.64. The fraction of sp³-hybridized carbons (Fsp3) is 1.00. The predicted octanol–water partition coefficient (Wildman–Crippen LogP) is 6.11. The van der Waals surface area contributed by atoms with E-state index in [2.05, 4.69) is 27.8 Å². The minimum Gasteiger partial charge on any atom is -0.315 e. The van der Waals surface area contributed by atoms with Crippen LogP contribution in [-0.2, 0) is 0 Å². The molecular formula is C28H60N4. The van der Waals surface area contributed by atoms with Crippen molar-refractivity contribution in [1.29, 1.82) is 0 Å². The van der Waals surface area contributed by atoms with Crippen LogP contribution >= 0.6 is 0 Å². The van der Waals surface area contributed by atoms with Crippen LogP contribution in [0.1, 0.15) is 122 Å². The van der Waals surface area contributed by atoms with E-state index in [4.69, 9.17) is 0 Å². The number of hydrogen-bond donors (Lipinski definition) is 3. The largest absolute Gasteiger partial charge is 0.315 e. The Kier molecular flexibility index (Phi) is 23.8. The van der Waals surface area contributed by atoms with Gasteiger partial charge in [-0.25, -0.2) is 0 Å². The summed E-state index contributed by atoms with van der Waals surface area (Å²) in [5.74, 6) is 0. The standard InChI is InChI=1S/C28H60N4/c1-2-3-4-5-6-7-8-9-10-11-12-13-14-15-16-17-26-32-27-19-22-30-24-23-29-20-18-21-31-25-28-32/h29-31H,2-28H2,1H3. The summed E-state index contributed by atoms with van der Waals surface area (Å²) >= 11 is 0. The molecule has 192 valence electrons. The maximum Gasteiger partial charge on any atom is 0.0107 e. The van der Waals surface area contributed by atoms with Gasteiger partial charge in [0.15, 0.2) is 0 Å². The minimum atomic E-state index is 1.10. The highest BCUT2D eigenvalue weighted by Crippen LogP contribution is 2.13. The summed E-state index contributed by atoms with van der Waals surface area (Å²) in [6.07, 6.45) is 25.7. The second-order valence-corrected chi connectivity index (χ2v) is 10.1. The highest BCUT2D eigenvalue weighted by atomic mass is 15.1. The summed E-state index contributed by atoms with van der Waals surface area (Å²) in [6, 6.07) is 0. The van der Waals surface area contributed by atoms with Crippen LogP contribution in [0.4, 0.5) is 0 Å². The van der Waals surface area contributed by atoms with Crippen molar-refractivity contribution in [2.24, 2.45) is 0 Å². The molecule has 0 aromatic carbocycles. The zero-order valence-electron chi connectivity index (χ0n) is 22.0. The molecule has 0 aliphatic carbocycles. The molecule has 0 unspecified atom stereocenters. The first-order valence-electron chi connectivity index (χ1n) is 14.8. The topological polar surface area (TPSA) is 39.3 Å². The van der Waals surface area contributed by atoms with Crippen LogP contribution in [0.3, 0.4) is 0 Å². The van der Waals surface area contributed by atoms with Crippen molar-refractivity contribution in [3.63, 3.8) is 0 Å². The summed E-state index contributed by atoms with van der Waals surface area (Å²) in [6.45, 7) is 12.9. The molecule has 0 amide bonds. The fourth-order valence-corrected chi connectivity index (χ4v) is 4.77. The molecule has 0 radical (unpaired) electrons. The van der Waals surface area contributed by atoms with Crippen molar-refractivity contribution in [1.82, 2.24) is 20.9 Å². The minimum absolute atomic E-state index is 1.10. The number of unbranched alkanes of at least 4 members (excludes halogenated alkanes) is 15. The van der Waals surface area contributed by atoms with E-state index in [-0.39, 0.29) is 0 Å². The van der Waals surface area contributed by atoms with Gasteiger partial charge in [-0.05, 0) is 52.0 Å². The van der Waals surface area contributed by atoms with Gasteiger partial charge in [0, 0.05) is 26.2 Å². The molecule has 4 nitrogen and oxygen atoms in total. The van der Waals surface area contributed by atoms with E-state index in [1.807, 2.05) is 0 Å². The molecule has 1 heterocycles. The molecule has 0 aromatic rings. The molecule has 0 spiro atoms. The van der Waals surface area contributed by atoms with Gasteiger partial charge in [0.25, 0.3) is 0 Å². The number of nitrogens with one attached hydrogen (secondary N) is 3. The molecule has 32 heavy (non-hydrogen) atoms. The van der Waals surface area contributed by atoms with Crippen LogP contribution in [-0.4, -0.2) is 63.8 Å². The van der Waals surface area contributed by atoms with Crippen LogP contribution in [0.2, 0.25) is 0 Å². The van der Waals surface area contributed by atoms with Crippen LogP contribution in [0, 0.1) is 0 Å². The van der Waals surface area contributed by atoms with Gasteiger partial charge in [-0.2, -0.15) is 0 Å². The Morgan fingerprint density at radius 1 is 0.438 bits per heavy atom. The van der Waals surface area contributed by atoms with Crippen molar-refractivity contribution in [2.45, 2.75) is 122 Å². The molecule has 1 aliphatic rings. The van der Waals surface area contributed by atoms with E-state index < -0.39 is 0 Å².